The second-order valence-electron chi connectivity index (χ2n) is 4.68. The largest absolute Gasteiger partial charge is 0.497 e. The summed E-state index contributed by atoms with van der Waals surface area (Å²) < 4.78 is 5.08. The fourth-order valence-corrected chi connectivity index (χ4v) is 2.64. The summed E-state index contributed by atoms with van der Waals surface area (Å²) in [6.07, 6.45) is 0. The second kappa shape index (κ2) is 10.1. The molecule has 0 saturated carbocycles. The van der Waals surface area contributed by atoms with E-state index in [9.17, 15) is 9.59 Å². The molecule has 1 aromatic carbocycles. The number of benzene rings is 1. The summed E-state index contributed by atoms with van der Waals surface area (Å²) in [5, 5.41) is 2.84. The molecule has 0 aliphatic heterocycles. The van der Waals surface area contributed by atoms with Gasteiger partial charge in [-0.3, -0.25) is 9.59 Å². The molecule has 0 saturated heterocycles. The second-order valence-corrected chi connectivity index (χ2v) is 5.67. The van der Waals surface area contributed by atoms with Gasteiger partial charge in [-0.05, 0) is 31.5 Å². The first kappa shape index (κ1) is 18.4. The van der Waals surface area contributed by atoms with Crippen molar-refractivity contribution in [2.45, 2.75) is 20.4 Å². The SMILES string of the molecule is CCN(CC)C(=O)CSCC(=O)NCc1ccc(OC)cc1. The summed E-state index contributed by atoms with van der Waals surface area (Å²) in [4.78, 5) is 25.3. The fraction of sp³-hybridized carbons (Fsp3) is 0.500. The van der Waals surface area contributed by atoms with Crippen LogP contribution >= 0.6 is 11.8 Å². The summed E-state index contributed by atoms with van der Waals surface area (Å²) in [7, 11) is 1.62. The number of ether oxygens (including phenoxy) is 1. The van der Waals surface area contributed by atoms with Crippen LogP contribution in [0.25, 0.3) is 0 Å². The average Bonchev–Trinajstić information content (AvgIpc) is 2.54. The van der Waals surface area contributed by atoms with Gasteiger partial charge in [0.2, 0.25) is 11.8 Å². The highest BCUT2D eigenvalue weighted by molar-refractivity contribution is 8.00. The van der Waals surface area contributed by atoms with Gasteiger partial charge in [-0.2, -0.15) is 0 Å². The van der Waals surface area contributed by atoms with Gasteiger partial charge in [0, 0.05) is 19.6 Å². The number of carbonyl (C=O) groups is 2. The maximum atomic E-state index is 11.8. The highest BCUT2D eigenvalue weighted by Crippen LogP contribution is 2.11. The van der Waals surface area contributed by atoms with Crippen LogP contribution in [-0.4, -0.2) is 48.4 Å². The molecule has 0 aliphatic rings. The highest BCUT2D eigenvalue weighted by atomic mass is 32.2. The molecule has 6 heteroatoms. The topological polar surface area (TPSA) is 58.6 Å². The molecule has 0 heterocycles. The Kier molecular flexibility index (Phi) is 8.43. The summed E-state index contributed by atoms with van der Waals surface area (Å²) in [6, 6.07) is 7.55. The maximum absolute atomic E-state index is 11.8. The summed E-state index contributed by atoms with van der Waals surface area (Å²) >= 11 is 1.35. The van der Waals surface area contributed by atoms with Gasteiger partial charge >= 0.3 is 0 Å². The van der Waals surface area contributed by atoms with Crippen LogP contribution in [0.4, 0.5) is 0 Å². The molecule has 0 bridgehead atoms. The Balaban J connectivity index is 2.24. The Morgan fingerprint density at radius 3 is 2.32 bits per heavy atom. The Morgan fingerprint density at radius 2 is 1.77 bits per heavy atom. The van der Waals surface area contributed by atoms with Crippen molar-refractivity contribution in [3.05, 3.63) is 29.8 Å². The normalized spacial score (nSPS) is 10.1. The lowest BCUT2D eigenvalue weighted by Gasteiger charge is -2.18. The number of thioether (sulfide) groups is 1. The van der Waals surface area contributed by atoms with Crippen LogP contribution in [-0.2, 0) is 16.1 Å². The van der Waals surface area contributed by atoms with E-state index >= 15 is 0 Å². The van der Waals surface area contributed by atoms with Crippen LogP contribution < -0.4 is 10.1 Å². The molecule has 0 aliphatic carbocycles. The third-order valence-electron chi connectivity index (χ3n) is 3.22. The first-order chi connectivity index (χ1) is 10.6. The van der Waals surface area contributed by atoms with Gasteiger partial charge in [0.15, 0.2) is 0 Å². The molecule has 1 aromatic rings. The van der Waals surface area contributed by atoms with E-state index in [1.165, 1.54) is 11.8 Å². The van der Waals surface area contributed by atoms with E-state index in [0.29, 0.717) is 31.1 Å². The lowest BCUT2D eigenvalue weighted by atomic mass is 10.2. The van der Waals surface area contributed by atoms with E-state index in [1.807, 2.05) is 38.1 Å². The predicted molar refractivity (Wildman–Crippen MR) is 90.1 cm³/mol. The molecular weight excluding hydrogens is 300 g/mol. The molecule has 2 amide bonds. The van der Waals surface area contributed by atoms with Gasteiger partial charge in [0.05, 0.1) is 18.6 Å². The number of carbonyl (C=O) groups excluding carboxylic acids is 2. The number of hydrogen-bond acceptors (Lipinski definition) is 4. The van der Waals surface area contributed by atoms with E-state index in [2.05, 4.69) is 5.32 Å². The lowest BCUT2D eigenvalue weighted by molar-refractivity contribution is -0.127. The van der Waals surface area contributed by atoms with Gasteiger partial charge in [-0.25, -0.2) is 0 Å². The Morgan fingerprint density at radius 1 is 1.14 bits per heavy atom. The Bertz CT molecular complexity index is 473. The predicted octanol–water partition coefficient (Wildman–Crippen LogP) is 1.91. The Hall–Kier alpha value is -1.69. The summed E-state index contributed by atoms with van der Waals surface area (Å²) in [5.74, 6) is 1.45. The average molecular weight is 324 g/mol. The third-order valence-corrected chi connectivity index (χ3v) is 4.14. The van der Waals surface area contributed by atoms with Crippen LogP contribution in [0.5, 0.6) is 5.75 Å². The summed E-state index contributed by atoms with van der Waals surface area (Å²) in [5.41, 5.74) is 1.01. The smallest absolute Gasteiger partial charge is 0.232 e. The minimum atomic E-state index is -0.0619. The molecule has 5 nitrogen and oxygen atoms in total. The van der Waals surface area contributed by atoms with Crippen molar-refractivity contribution >= 4 is 23.6 Å². The van der Waals surface area contributed by atoms with E-state index in [1.54, 1.807) is 12.0 Å². The van der Waals surface area contributed by atoms with Crippen LogP contribution in [0.2, 0.25) is 0 Å². The molecule has 1 rings (SSSR count). The molecular formula is C16H24N2O3S. The van der Waals surface area contributed by atoms with Gasteiger partial charge in [0.25, 0.3) is 0 Å². The van der Waals surface area contributed by atoms with Crippen LogP contribution in [0.15, 0.2) is 24.3 Å². The van der Waals surface area contributed by atoms with Crippen molar-refractivity contribution in [3.8, 4) is 5.75 Å². The van der Waals surface area contributed by atoms with E-state index in [-0.39, 0.29) is 11.8 Å². The maximum Gasteiger partial charge on any atom is 0.232 e. The standard InChI is InChI=1S/C16H24N2O3S/c1-4-18(5-2)16(20)12-22-11-15(19)17-10-13-6-8-14(21-3)9-7-13/h6-9H,4-5,10-12H2,1-3H3,(H,17,19). The Labute approximate surface area is 136 Å². The molecule has 1 N–H and O–H groups in total. The van der Waals surface area contributed by atoms with Gasteiger partial charge in [-0.15, -0.1) is 11.8 Å². The van der Waals surface area contributed by atoms with Crippen molar-refractivity contribution in [2.75, 3.05) is 31.7 Å². The quantitative estimate of drug-likeness (QED) is 0.754. The number of amides is 2. The van der Waals surface area contributed by atoms with Crippen molar-refractivity contribution in [3.63, 3.8) is 0 Å². The molecule has 122 valence electrons. The van der Waals surface area contributed by atoms with Crippen LogP contribution in [0.1, 0.15) is 19.4 Å². The number of methoxy groups -OCH3 is 1. The van der Waals surface area contributed by atoms with Crippen LogP contribution in [0.3, 0.4) is 0 Å². The zero-order chi connectivity index (χ0) is 16.4. The minimum Gasteiger partial charge on any atom is -0.497 e. The van der Waals surface area contributed by atoms with Crippen molar-refractivity contribution < 1.29 is 14.3 Å². The van der Waals surface area contributed by atoms with Gasteiger partial charge in [0.1, 0.15) is 5.75 Å². The van der Waals surface area contributed by atoms with Gasteiger partial charge < -0.3 is 15.0 Å². The number of nitrogens with one attached hydrogen (secondary N) is 1. The molecule has 0 unspecified atom stereocenters. The number of nitrogens with zero attached hydrogens (tertiary/aromatic N) is 1. The lowest BCUT2D eigenvalue weighted by Crippen LogP contribution is -2.32. The highest BCUT2D eigenvalue weighted by Gasteiger charge is 2.10. The molecule has 0 fully saturated rings. The zero-order valence-corrected chi connectivity index (χ0v) is 14.2. The minimum absolute atomic E-state index is 0.0619. The number of hydrogen-bond donors (Lipinski definition) is 1. The fourth-order valence-electron chi connectivity index (χ4n) is 1.89. The van der Waals surface area contributed by atoms with Gasteiger partial charge in [-0.1, -0.05) is 12.1 Å². The van der Waals surface area contributed by atoms with E-state index in [0.717, 1.165) is 11.3 Å². The molecule has 22 heavy (non-hydrogen) atoms. The third kappa shape index (κ3) is 6.39. The first-order valence-electron chi connectivity index (χ1n) is 7.35. The molecule has 0 aromatic heterocycles. The van der Waals surface area contributed by atoms with Crippen molar-refractivity contribution in [1.29, 1.82) is 0 Å². The summed E-state index contributed by atoms with van der Waals surface area (Å²) in [6.45, 7) is 5.80. The number of rotatable bonds is 9. The monoisotopic (exact) mass is 324 g/mol. The van der Waals surface area contributed by atoms with Crippen LogP contribution in [0, 0.1) is 0 Å². The molecule has 0 atom stereocenters. The molecule has 0 radical (unpaired) electrons. The first-order valence-corrected chi connectivity index (χ1v) is 8.51. The van der Waals surface area contributed by atoms with E-state index in [4.69, 9.17) is 4.74 Å². The van der Waals surface area contributed by atoms with E-state index < -0.39 is 0 Å². The van der Waals surface area contributed by atoms with Crippen molar-refractivity contribution in [2.24, 2.45) is 0 Å². The van der Waals surface area contributed by atoms with Crippen molar-refractivity contribution in [1.82, 2.24) is 10.2 Å². The zero-order valence-electron chi connectivity index (χ0n) is 13.4. The molecule has 0 spiro atoms.